The molecule has 0 saturated heterocycles. The van der Waals surface area contributed by atoms with E-state index in [1.54, 1.807) is 0 Å². The molecule has 6 heteroatoms. The number of nitrogens with one attached hydrogen (secondary N) is 1. The summed E-state index contributed by atoms with van der Waals surface area (Å²) < 4.78 is 26.2. The predicted octanol–water partition coefficient (Wildman–Crippen LogP) is 1.71. The molecule has 100 valence electrons. The first-order chi connectivity index (χ1) is 8.33. The van der Waals surface area contributed by atoms with Crippen molar-refractivity contribution in [3.8, 4) is 0 Å². The molecule has 0 aliphatic heterocycles. The summed E-state index contributed by atoms with van der Waals surface area (Å²) in [5.74, 6) is -0.743. The second-order valence-corrected chi connectivity index (χ2v) is 6.18. The molecule has 1 rings (SSSR count). The second kappa shape index (κ2) is 5.97. The van der Waals surface area contributed by atoms with Gasteiger partial charge in [-0.2, -0.15) is 0 Å². The van der Waals surface area contributed by atoms with Gasteiger partial charge in [-0.3, -0.25) is 0 Å². The van der Waals surface area contributed by atoms with Crippen LogP contribution < -0.4 is 4.72 Å². The smallest absolute Gasteiger partial charge is 0.335 e. The van der Waals surface area contributed by atoms with Crippen molar-refractivity contribution in [2.24, 2.45) is 5.92 Å². The number of rotatable bonds is 6. The Balaban J connectivity index is 2.85. The van der Waals surface area contributed by atoms with Crippen molar-refractivity contribution in [2.75, 3.05) is 6.54 Å². The van der Waals surface area contributed by atoms with Crippen molar-refractivity contribution in [3.05, 3.63) is 29.8 Å². The standard InChI is InChI=1S/C12H17NO4S/c1-9(2)6-7-13-18(16,17)11-5-3-4-10(8-11)12(14)15/h3-5,8-9,13H,6-7H2,1-2H3,(H,14,15). The minimum Gasteiger partial charge on any atom is -0.478 e. The van der Waals surface area contributed by atoms with E-state index in [9.17, 15) is 13.2 Å². The molecule has 0 spiro atoms. The molecule has 0 aliphatic carbocycles. The van der Waals surface area contributed by atoms with Crippen LogP contribution in [0.4, 0.5) is 0 Å². The number of carboxylic acid groups (broad SMARTS) is 1. The monoisotopic (exact) mass is 271 g/mol. The molecule has 0 saturated carbocycles. The van der Waals surface area contributed by atoms with Crippen molar-refractivity contribution in [3.63, 3.8) is 0 Å². The first-order valence-corrected chi connectivity index (χ1v) is 7.14. The maximum absolute atomic E-state index is 11.9. The van der Waals surface area contributed by atoms with Crippen molar-refractivity contribution >= 4 is 16.0 Å². The highest BCUT2D eigenvalue weighted by Crippen LogP contribution is 2.11. The average molecular weight is 271 g/mol. The molecule has 5 nitrogen and oxygen atoms in total. The molecular weight excluding hydrogens is 254 g/mol. The number of carbonyl (C=O) groups is 1. The summed E-state index contributed by atoms with van der Waals surface area (Å²) in [6, 6.07) is 5.31. The number of aromatic carboxylic acids is 1. The summed E-state index contributed by atoms with van der Waals surface area (Å²) in [6.07, 6.45) is 0.734. The maximum atomic E-state index is 11.9. The third kappa shape index (κ3) is 4.12. The molecule has 1 aromatic carbocycles. The molecule has 0 heterocycles. The van der Waals surface area contributed by atoms with Crippen molar-refractivity contribution in [1.29, 1.82) is 0 Å². The van der Waals surface area contributed by atoms with Crippen LogP contribution in [0.2, 0.25) is 0 Å². The predicted molar refractivity (Wildman–Crippen MR) is 68.0 cm³/mol. The number of benzene rings is 1. The second-order valence-electron chi connectivity index (χ2n) is 4.41. The number of sulfonamides is 1. The van der Waals surface area contributed by atoms with Crippen LogP contribution in [0.3, 0.4) is 0 Å². The van der Waals surface area contributed by atoms with Crippen LogP contribution in [-0.4, -0.2) is 26.0 Å². The Labute approximate surface area is 107 Å². The highest BCUT2D eigenvalue weighted by atomic mass is 32.2. The largest absolute Gasteiger partial charge is 0.478 e. The SMILES string of the molecule is CC(C)CCNS(=O)(=O)c1cccc(C(=O)O)c1. The lowest BCUT2D eigenvalue weighted by Gasteiger charge is -2.08. The summed E-state index contributed by atoms with van der Waals surface area (Å²) in [7, 11) is -3.63. The van der Waals surface area contributed by atoms with E-state index in [0.717, 1.165) is 12.5 Å². The van der Waals surface area contributed by atoms with E-state index in [4.69, 9.17) is 5.11 Å². The lowest BCUT2D eigenvalue weighted by Crippen LogP contribution is -2.25. The summed E-state index contributed by atoms with van der Waals surface area (Å²) in [5, 5.41) is 8.81. The molecule has 0 atom stereocenters. The van der Waals surface area contributed by atoms with Gasteiger partial charge in [0.15, 0.2) is 0 Å². The van der Waals surface area contributed by atoms with Crippen LogP contribution in [0.15, 0.2) is 29.2 Å². The van der Waals surface area contributed by atoms with Crippen LogP contribution in [0.1, 0.15) is 30.6 Å². The van der Waals surface area contributed by atoms with Crippen LogP contribution in [-0.2, 0) is 10.0 Å². The van der Waals surface area contributed by atoms with Gasteiger partial charge >= 0.3 is 5.97 Å². The first kappa shape index (κ1) is 14.7. The molecule has 1 aromatic rings. The molecule has 0 unspecified atom stereocenters. The van der Waals surface area contributed by atoms with E-state index < -0.39 is 16.0 Å². The van der Waals surface area contributed by atoms with Crippen LogP contribution >= 0.6 is 0 Å². The zero-order valence-corrected chi connectivity index (χ0v) is 11.2. The number of hydrogen-bond donors (Lipinski definition) is 2. The van der Waals surface area contributed by atoms with Gasteiger partial charge in [-0.1, -0.05) is 19.9 Å². The van der Waals surface area contributed by atoms with Crippen molar-refractivity contribution in [1.82, 2.24) is 4.72 Å². The molecule has 0 radical (unpaired) electrons. The molecule has 18 heavy (non-hydrogen) atoms. The van der Waals surface area contributed by atoms with Crippen LogP contribution in [0, 0.1) is 5.92 Å². The van der Waals surface area contributed by atoms with Gasteiger partial charge in [-0.25, -0.2) is 17.9 Å². The summed E-state index contributed by atoms with van der Waals surface area (Å²) in [4.78, 5) is 10.7. The van der Waals surface area contributed by atoms with Gasteiger partial charge in [0.25, 0.3) is 0 Å². The van der Waals surface area contributed by atoms with E-state index in [1.165, 1.54) is 18.2 Å². The van der Waals surface area contributed by atoms with E-state index in [0.29, 0.717) is 12.5 Å². The summed E-state index contributed by atoms with van der Waals surface area (Å²) in [6.45, 7) is 4.34. The molecule has 0 bridgehead atoms. The van der Waals surface area contributed by atoms with Gasteiger partial charge in [0.2, 0.25) is 10.0 Å². The Hall–Kier alpha value is -1.40. The molecule has 0 fully saturated rings. The zero-order valence-electron chi connectivity index (χ0n) is 10.4. The Morgan fingerprint density at radius 3 is 2.61 bits per heavy atom. The maximum Gasteiger partial charge on any atom is 0.335 e. The molecule has 0 amide bonds. The van der Waals surface area contributed by atoms with Crippen LogP contribution in [0.5, 0.6) is 0 Å². The minimum absolute atomic E-state index is 0.0221. The summed E-state index contributed by atoms with van der Waals surface area (Å²) in [5.41, 5.74) is -0.0401. The normalized spacial score (nSPS) is 11.7. The Kier molecular flexibility index (Phi) is 4.86. The minimum atomic E-state index is -3.63. The van der Waals surface area contributed by atoms with E-state index in [-0.39, 0.29) is 10.5 Å². The highest BCUT2D eigenvalue weighted by Gasteiger charge is 2.15. The Bertz CT molecular complexity index is 523. The van der Waals surface area contributed by atoms with Crippen molar-refractivity contribution < 1.29 is 18.3 Å². The van der Waals surface area contributed by atoms with Gasteiger partial charge in [-0.15, -0.1) is 0 Å². The quantitative estimate of drug-likeness (QED) is 0.825. The fourth-order valence-electron chi connectivity index (χ4n) is 1.36. The molecule has 0 aromatic heterocycles. The van der Waals surface area contributed by atoms with Gasteiger partial charge in [0.05, 0.1) is 10.5 Å². The topological polar surface area (TPSA) is 83.5 Å². The summed E-state index contributed by atoms with van der Waals surface area (Å²) >= 11 is 0. The number of carboxylic acids is 1. The van der Waals surface area contributed by atoms with Crippen molar-refractivity contribution in [2.45, 2.75) is 25.2 Å². The van der Waals surface area contributed by atoms with Gasteiger partial charge < -0.3 is 5.11 Å². The van der Waals surface area contributed by atoms with Gasteiger partial charge in [-0.05, 0) is 30.5 Å². The Morgan fingerprint density at radius 1 is 1.39 bits per heavy atom. The lowest BCUT2D eigenvalue weighted by atomic mass is 10.1. The lowest BCUT2D eigenvalue weighted by molar-refractivity contribution is 0.0696. The average Bonchev–Trinajstić information content (AvgIpc) is 2.28. The third-order valence-electron chi connectivity index (χ3n) is 2.41. The van der Waals surface area contributed by atoms with E-state index >= 15 is 0 Å². The van der Waals surface area contributed by atoms with Crippen LogP contribution in [0.25, 0.3) is 0 Å². The van der Waals surface area contributed by atoms with Gasteiger partial charge in [0.1, 0.15) is 0 Å². The van der Waals surface area contributed by atoms with E-state index in [2.05, 4.69) is 4.72 Å². The van der Waals surface area contributed by atoms with E-state index in [1.807, 2.05) is 13.8 Å². The molecular formula is C12H17NO4S. The third-order valence-corrected chi connectivity index (χ3v) is 3.86. The highest BCUT2D eigenvalue weighted by molar-refractivity contribution is 7.89. The van der Waals surface area contributed by atoms with Gasteiger partial charge in [0, 0.05) is 6.54 Å². The first-order valence-electron chi connectivity index (χ1n) is 5.66. The Morgan fingerprint density at radius 2 is 2.06 bits per heavy atom. The molecule has 2 N–H and O–H groups in total. The zero-order chi connectivity index (χ0) is 13.8. The number of hydrogen-bond acceptors (Lipinski definition) is 3. The fourth-order valence-corrected chi connectivity index (χ4v) is 2.45. The fraction of sp³-hybridized carbons (Fsp3) is 0.417. The molecule has 0 aliphatic rings.